The quantitative estimate of drug-likeness (QED) is 0.526. The molecule has 0 fully saturated rings. The number of hydrogen-bond acceptors (Lipinski definition) is 6. The summed E-state index contributed by atoms with van der Waals surface area (Å²) in [5, 5.41) is 23.1. The van der Waals surface area contributed by atoms with Crippen molar-refractivity contribution in [3.05, 3.63) is 23.8 Å². The number of nitrogens with one attached hydrogen (secondary N) is 2. The van der Waals surface area contributed by atoms with Gasteiger partial charge in [0.15, 0.2) is 6.19 Å². The highest BCUT2D eigenvalue weighted by Gasteiger charge is 2.24. The van der Waals surface area contributed by atoms with Crippen LogP contribution in [0.3, 0.4) is 0 Å². The van der Waals surface area contributed by atoms with Crippen molar-refractivity contribution in [3.8, 4) is 17.7 Å². The van der Waals surface area contributed by atoms with Crippen molar-refractivity contribution in [2.75, 3.05) is 7.11 Å². The third-order valence-electron chi connectivity index (χ3n) is 2.69. The third-order valence-corrected chi connectivity index (χ3v) is 2.69. The summed E-state index contributed by atoms with van der Waals surface area (Å²) in [5.74, 6) is 0.326. The third kappa shape index (κ3) is 2.74. The second-order valence-electron chi connectivity index (χ2n) is 3.91. The van der Waals surface area contributed by atoms with Crippen molar-refractivity contribution in [1.29, 1.82) is 5.26 Å². The molecule has 0 aliphatic carbocycles. The van der Waals surface area contributed by atoms with Crippen LogP contribution in [0.2, 0.25) is 0 Å². The first-order valence-electron chi connectivity index (χ1n) is 5.53. The molecule has 0 bridgehead atoms. The summed E-state index contributed by atoms with van der Waals surface area (Å²) < 4.78 is 4.99. The number of carbonyl (C=O) groups excluding carboxylic acids is 1. The predicted molar refractivity (Wildman–Crippen MR) is 66.3 cm³/mol. The van der Waals surface area contributed by atoms with Gasteiger partial charge in [0.2, 0.25) is 11.9 Å². The van der Waals surface area contributed by atoms with E-state index < -0.39 is 6.04 Å². The van der Waals surface area contributed by atoms with E-state index in [2.05, 4.69) is 15.6 Å². The van der Waals surface area contributed by atoms with E-state index in [-0.39, 0.29) is 24.0 Å². The molecule has 0 saturated carbocycles. The first kappa shape index (κ1) is 12.7. The highest BCUT2D eigenvalue weighted by Crippen LogP contribution is 2.33. The van der Waals surface area contributed by atoms with Crippen molar-refractivity contribution in [3.63, 3.8) is 0 Å². The minimum absolute atomic E-state index is 0.000826. The molecule has 2 rings (SSSR count). The molecule has 0 aromatic heterocycles. The van der Waals surface area contributed by atoms with Crippen molar-refractivity contribution >= 4 is 11.9 Å². The van der Waals surface area contributed by atoms with E-state index in [1.54, 1.807) is 18.3 Å². The molecule has 19 heavy (non-hydrogen) atoms. The summed E-state index contributed by atoms with van der Waals surface area (Å²) in [5.41, 5.74) is 0.507. The number of amides is 1. The normalized spacial score (nSPS) is 18.0. The number of guanidine groups is 1. The maximum Gasteiger partial charge on any atom is 0.229 e. The number of methoxy groups -OCH3 is 1. The lowest BCUT2D eigenvalue weighted by molar-refractivity contribution is -0.120. The standard InChI is InChI=1S/C12H12N4O3/c1-19-7-2-3-8(10(17)4-7)9-5-11(18)16-12(15-9)14-6-13/h2-4,9,17H,5H2,1H3,(H2,14,15,16,18)/t9-/m0/s1. The van der Waals surface area contributed by atoms with Gasteiger partial charge in [-0.05, 0) is 12.1 Å². The van der Waals surface area contributed by atoms with Crippen LogP contribution < -0.4 is 15.4 Å². The minimum atomic E-state index is -0.532. The number of phenols is 1. The molecule has 0 radical (unpaired) electrons. The fourth-order valence-electron chi connectivity index (χ4n) is 1.82. The Morgan fingerprint density at radius 2 is 2.42 bits per heavy atom. The Morgan fingerprint density at radius 3 is 3.05 bits per heavy atom. The van der Waals surface area contributed by atoms with Gasteiger partial charge in [0.25, 0.3) is 0 Å². The maximum atomic E-state index is 11.5. The Balaban J connectivity index is 2.33. The van der Waals surface area contributed by atoms with E-state index in [9.17, 15) is 9.90 Å². The second-order valence-corrected chi connectivity index (χ2v) is 3.91. The fraction of sp³-hybridized carbons (Fsp3) is 0.250. The number of carbonyl (C=O) groups is 1. The van der Waals surface area contributed by atoms with Gasteiger partial charge < -0.3 is 9.84 Å². The molecule has 98 valence electrons. The van der Waals surface area contributed by atoms with Gasteiger partial charge in [0.1, 0.15) is 11.5 Å². The van der Waals surface area contributed by atoms with Gasteiger partial charge in [0.05, 0.1) is 19.6 Å². The average Bonchev–Trinajstić information content (AvgIpc) is 2.38. The van der Waals surface area contributed by atoms with Gasteiger partial charge in [-0.1, -0.05) is 0 Å². The lowest BCUT2D eigenvalue weighted by Gasteiger charge is -2.20. The Bertz CT molecular complexity index is 577. The van der Waals surface area contributed by atoms with Crippen LogP contribution in [0.4, 0.5) is 0 Å². The summed E-state index contributed by atoms with van der Waals surface area (Å²) in [6, 6.07) is 4.24. The van der Waals surface area contributed by atoms with E-state index in [1.165, 1.54) is 13.2 Å². The summed E-state index contributed by atoms with van der Waals surface area (Å²) in [4.78, 5) is 15.7. The molecule has 0 unspecified atom stereocenters. The highest BCUT2D eigenvalue weighted by atomic mass is 16.5. The molecule has 1 aliphatic rings. The Kier molecular flexibility index (Phi) is 3.52. The molecular weight excluding hydrogens is 248 g/mol. The average molecular weight is 260 g/mol. The zero-order valence-electron chi connectivity index (χ0n) is 10.2. The summed E-state index contributed by atoms with van der Waals surface area (Å²) in [7, 11) is 1.50. The number of rotatable bonds is 2. The SMILES string of the molecule is COc1ccc([C@@H]2CC(=O)NC(NC#N)=N2)c(O)c1. The summed E-state index contributed by atoms with van der Waals surface area (Å²) >= 11 is 0. The highest BCUT2D eigenvalue weighted by molar-refractivity contribution is 5.99. The number of nitrogens with zero attached hydrogens (tertiary/aromatic N) is 2. The molecule has 1 heterocycles. The van der Waals surface area contributed by atoms with Gasteiger partial charge in [-0.2, -0.15) is 5.26 Å². The number of nitriles is 1. The van der Waals surface area contributed by atoms with Crippen LogP contribution in [0.1, 0.15) is 18.0 Å². The number of hydrogen-bond donors (Lipinski definition) is 3. The van der Waals surface area contributed by atoms with E-state index in [4.69, 9.17) is 10.00 Å². The summed E-state index contributed by atoms with van der Waals surface area (Å²) in [6.07, 6.45) is 1.79. The van der Waals surface area contributed by atoms with Crippen LogP contribution in [0, 0.1) is 11.5 Å². The van der Waals surface area contributed by atoms with Crippen LogP contribution in [-0.2, 0) is 4.79 Å². The number of aliphatic imine (C=N–C) groups is 1. The Morgan fingerprint density at radius 1 is 1.63 bits per heavy atom. The van der Waals surface area contributed by atoms with Crippen molar-refractivity contribution < 1.29 is 14.6 Å². The van der Waals surface area contributed by atoms with Gasteiger partial charge >= 0.3 is 0 Å². The molecule has 7 heteroatoms. The zero-order chi connectivity index (χ0) is 13.8. The zero-order valence-corrected chi connectivity index (χ0v) is 10.2. The number of ether oxygens (including phenoxy) is 1. The van der Waals surface area contributed by atoms with Crippen molar-refractivity contribution in [2.45, 2.75) is 12.5 Å². The van der Waals surface area contributed by atoms with Crippen LogP contribution in [-0.4, -0.2) is 24.1 Å². The number of benzene rings is 1. The van der Waals surface area contributed by atoms with Gasteiger partial charge in [-0.3, -0.25) is 15.4 Å². The van der Waals surface area contributed by atoms with Crippen molar-refractivity contribution in [2.24, 2.45) is 4.99 Å². The minimum Gasteiger partial charge on any atom is -0.507 e. The van der Waals surface area contributed by atoms with Crippen LogP contribution >= 0.6 is 0 Å². The second kappa shape index (κ2) is 5.27. The first-order valence-corrected chi connectivity index (χ1v) is 5.53. The molecule has 1 aromatic carbocycles. The van der Waals surface area contributed by atoms with Crippen molar-refractivity contribution in [1.82, 2.24) is 10.6 Å². The fourth-order valence-corrected chi connectivity index (χ4v) is 1.82. The topological polar surface area (TPSA) is 107 Å². The van der Waals surface area contributed by atoms with Crippen LogP contribution in [0.25, 0.3) is 0 Å². The predicted octanol–water partition coefficient (Wildman–Crippen LogP) is 0.388. The van der Waals surface area contributed by atoms with Crippen LogP contribution in [0.5, 0.6) is 11.5 Å². The monoisotopic (exact) mass is 260 g/mol. The molecule has 0 spiro atoms. The molecule has 1 amide bonds. The van der Waals surface area contributed by atoms with Gasteiger partial charge in [0, 0.05) is 11.6 Å². The Labute approximate surface area is 109 Å². The molecule has 1 aliphatic heterocycles. The molecule has 0 saturated heterocycles. The van der Waals surface area contributed by atoms with E-state index in [0.717, 1.165) is 0 Å². The molecule has 1 aromatic rings. The number of phenolic OH excluding ortho intramolecular Hbond substituents is 1. The number of aromatic hydroxyl groups is 1. The largest absolute Gasteiger partial charge is 0.507 e. The smallest absolute Gasteiger partial charge is 0.229 e. The Hall–Kier alpha value is -2.75. The van der Waals surface area contributed by atoms with E-state index >= 15 is 0 Å². The first-order chi connectivity index (χ1) is 9.13. The maximum absolute atomic E-state index is 11.5. The van der Waals surface area contributed by atoms with E-state index in [1.807, 2.05) is 0 Å². The van der Waals surface area contributed by atoms with Gasteiger partial charge in [-0.15, -0.1) is 0 Å². The molecule has 3 N–H and O–H groups in total. The lowest BCUT2D eigenvalue weighted by Crippen LogP contribution is -2.42. The van der Waals surface area contributed by atoms with Gasteiger partial charge in [-0.25, -0.2) is 4.99 Å². The molecule has 7 nitrogen and oxygen atoms in total. The molecule has 1 atom stereocenters. The van der Waals surface area contributed by atoms with Crippen LogP contribution in [0.15, 0.2) is 23.2 Å². The molecular formula is C12H12N4O3. The van der Waals surface area contributed by atoms with E-state index in [0.29, 0.717) is 11.3 Å². The lowest BCUT2D eigenvalue weighted by atomic mass is 10.0. The summed E-state index contributed by atoms with van der Waals surface area (Å²) in [6.45, 7) is 0.